The molecular formula is C14H13F3N2O3S. The summed E-state index contributed by atoms with van der Waals surface area (Å²) in [5, 5.41) is 1.68. The number of amides is 1. The quantitative estimate of drug-likeness (QED) is 0.924. The second-order valence-electron chi connectivity index (χ2n) is 4.85. The number of hydrogen-bond donors (Lipinski definition) is 1. The Morgan fingerprint density at radius 2 is 1.78 bits per heavy atom. The monoisotopic (exact) mass is 346 g/mol. The number of hydrogen-bond acceptors (Lipinski definition) is 3. The van der Waals surface area contributed by atoms with E-state index >= 15 is 0 Å². The van der Waals surface area contributed by atoms with Crippen molar-refractivity contribution in [2.24, 2.45) is 0 Å². The van der Waals surface area contributed by atoms with E-state index in [0.717, 1.165) is 28.0 Å². The molecule has 0 radical (unpaired) electrons. The van der Waals surface area contributed by atoms with Gasteiger partial charge in [-0.3, -0.25) is 4.79 Å². The third kappa shape index (κ3) is 4.13. The summed E-state index contributed by atoms with van der Waals surface area (Å²) >= 11 is 0. The van der Waals surface area contributed by atoms with E-state index in [1.807, 2.05) is 0 Å². The van der Waals surface area contributed by atoms with Gasteiger partial charge in [-0.1, -0.05) is 17.7 Å². The van der Waals surface area contributed by atoms with Crippen LogP contribution in [-0.2, 0) is 10.0 Å². The second kappa shape index (κ2) is 6.07. The summed E-state index contributed by atoms with van der Waals surface area (Å²) in [4.78, 5) is 11.6. The number of aromatic nitrogens is 1. The molecule has 0 aliphatic carbocycles. The van der Waals surface area contributed by atoms with Crippen LogP contribution >= 0.6 is 0 Å². The van der Waals surface area contributed by atoms with Crippen molar-refractivity contribution in [3.63, 3.8) is 0 Å². The van der Waals surface area contributed by atoms with Gasteiger partial charge in [-0.15, -0.1) is 0 Å². The number of halogens is 3. The van der Waals surface area contributed by atoms with E-state index in [2.05, 4.69) is 0 Å². The molecule has 0 saturated heterocycles. The van der Waals surface area contributed by atoms with Crippen LogP contribution in [0.1, 0.15) is 15.9 Å². The minimum absolute atomic E-state index is 0.0148. The maximum Gasteiger partial charge on any atom is 0.405 e. The summed E-state index contributed by atoms with van der Waals surface area (Å²) in [6.07, 6.45) is -2.45. The second-order valence-corrected chi connectivity index (χ2v) is 6.69. The standard InChI is InChI=1S/C14H13F3N2O3S/c1-10-2-4-12(5-3-10)23(21,22)19-7-6-11(8-19)13(20)18-9-14(15,16)17/h2-8H,9H2,1H3,(H,18,20). The summed E-state index contributed by atoms with van der Waals surface area (Å²) in [7, 11) is -3.90. The minimum Gasteiger partial charge on any atom is -0.343 e. The summed E-state index contributed by atoms with van der Waals surface area (Å²) in [6, 6.07) is 7.19. The first-order valence-corrected chi connectivity index (χ1v) is 7.89. The Kier molecular flexibility index (Phi) is 4.51. The van der Waals surface area contributed by atoms with Crippen LogP contribution in [0.15, 0.2) is 47.6 Å². The highest BCUT2D eigenvalue weighted by atomic mass is 32.2. The molecule has 124 valence electrons. The van der Waals surface area contributed by atoms with Gasteiger partial charge in [0.2, 0.25) is 0 Å². The summed E-state index contributed by atoms with van der Waals surface area (Å²) in [5.41, 5.74) is 0.702. The minimum atomic E-state index is -4.54. The van der Waals surface area contributed by atoms with Gasteiger partial charge in [-0.05, 0) is 25.1 Å². The van der Waals surface area contributed by atoms with E-state index in [1.54, 1.807) is 24.4 Å². The Balaban J connectivity index is 2.21. The third-order valence-corrected chi connectivity index (χ3v) is 4.63. The van der Waals surface area contributed by atoms with E-state index in [0.29, 0.717) is 0 Å². The van der Waals surface area contributed by atoms with Crippen molar-refractivity contribution in [2.45, 2.75) is 18.0 Å². The van der Waals surface area contributed by atoms with E-state index in [4.69, 9.17) is 0 Å². The average molecular weight is 346 g/mol. The van der Waals surface area contributed by atoms with Crippen LogP contribution in [0.5, 0.6) is 0 Å². The summed E-state index contributed by atoms with van der Waals surface area (Å²) in [5.74, 6) is -1.000. The fourth-order valence-corrected chi connectivity index (χ4v) is 2.97. The lowest BCUT2D eigenvalue weighted by Crippen LogP contribution is -2.33. The summed E-state index contributed by atoms with van der Waals surface area (Å²) in [6.45, 7) is 0.316. The molecule has 0 bridgehead atoms. The van der Waals surface area contributed by atoms with Crippen LogP contribution in [0.3, 0.4) is 0 Å². The number of carbonyl (C=O) groups excluding carboxylic acids is 1. The van der Waals surface area contributed by atoms with Crippen LogP contribution < -0.4 is 5.32 Å². The normalized spacial score (nSPS) is 12.2. The molecule has 0 spiro atoms. The molecule has 1 aromatic heterocycles. The summed E-state index contributed by atoms with van der Waals surface area (Å²) < 4.78 is 61.7. The zero-order chi connectivity index (χ0) is 17.3. The van der Waals surface area contributed by atoms with Gasteiger partial charge in [-0.25, -0.2) is 12.4 Å². The molecule has 0 aliphatic rings. The fraction of sp³-hybridized carbons (Fsp3) is 0.214. The van der Waals surface area contributed by atoms with Gasteiger partial charge >= 0.3 is 6.18 Å². The molecule has 1 amide bonds. The number of carbonyl (C=O) groups is 1. The Labute approximate surface area is 130 Å². The number of rotatable bonds is 4. The maximum atomic E-state index is 12.3. The molecule has 1 heterocycles. The molecule has 1 N–H and O–H groups in total. The van der Waals surface area contributed by atoms with Gasteiger partial charge in [0.05, 0.1) is 10.5 Å². The van der Waals surface area contributed by atoms with Crippen LogP contribution in [0.2, 0.25) is 0 Å². The molecule has 0 saturated carbocycles. The van der Waals surface area contributed by atoms with Crippen molar-refractivity contribution in [1.82, 2.24) is 9.29 Å². The molecule has 1 aromatic carbocycles. The highest BCUT2D eigenvalue weighted by molar-refractivity contribution is 7.90. The van der Waals surface area contributed by atoms with Crippen LogP contribution in [0, 0.1) is 6.92 Å². The molecule has 0 aliphatic heterocycles. The number of benzene rings is 1. The first-order valence-electron chi connectivity index (χ1n) is 6.45. The zero-order valence-electron chi connectivity index (χ0n) is 12.0. The highest BCUT2D eigenvalue weighted by Gasteiger charge is 2.28. The van der Waals surface area contributed by atoms with Crippen LogP contribution in [0.4, 0.5) is 13.2 Å². The predicted octanol–water partition coefficient (Wildman–Crippen LogP) is 2.33. The number of alkyl halides is 3. The molecule has 2 rings (SSSR count). The highest BCUT2D eigenvalue weighted by Crippen LogP contribution is 2.16. The topological polar surface area (TPSA) is 68.2 Å². The molecular weight excluding hydrogens is 333 g/mol. The molecule has 0 atom stereocenters. The fourth-order valence-electron chi connectivity index (χ4n) is 1.78. The Morgan fingerprint density at radius 1 is 1.17 bits per heavy atom. The number of aryl methyl sites for hydroxylation is 1. The lowest BCUT2D eigenvalue weighted by molar-refractivity contribution is -0.123. The molecule has 0 fully saturated rings. The SMILES string of the molecule is Cc1ccc(S(=O)(=O)n2ccc(C(=O)NCC(F)(F)F)c2)cc1. The molecule has 9 heteroatoms. The van der Waals surface area contributed by atoms with Crippen molar-refractivity contribution in [2.75, 3.05) is 6.54 Å². The van der Waals surface area contributed by atoms with E-state index in [9.17, 15) is 26.4 Å². The Bertz CT molecular complexity index is 809. The molecule has 23 heavy (non-hydrogen) atoms. The number of nitrogens with one attached hydrogen (secondary N) is 1. The van der Waals surface area contributed by atoms with E-state index < -0.39 is 28.7 Å². The first-order chi connectivity index (χ1) is 10.6. The lowest BCUT2D eigenvalue weighted by Gasteiger charge is -2.07. The van der Waals surface area contributed by atoms with Gasteiger partial charge in [-0.2, -0.15) is 13.2 Å². The van der Waals surface area contributed by atoms with Gasteiger partial charge in [0.1, 0.15) is 6.54 Å². The first kappa shape index (κ1) is 17.1. The van der Waals surface area contributed by atoms with Gasteiger partial charge in [0.25, 0.3) is 15.9 Å². The maximum absolute atomic E-state index is 12.3. The van der Waals surface area contributed by atoms with E-state index in [-0.39, 0.29) is 10.5 Å². The largest absolute Gasteiger partial charge is 0.405 e. The molecule has 0 unspecified atom stereocenters. The molecule has 5 nitrogen and oxygen atoms in total. The van der Waals surface area contributed by atoms with Crippen molar-refractivity contribution in [1.29, 1.82) is 0 Å². The number of nitrogens with zero attached hydrogens (tertiary/aromatic N) is 1. The van der Waals surface area contributed by atoms with Crippen molar-refractivity contribution >= 4 is 15.9 Å². The third-order valence-electron chi connectivity index (χ3n) is 2.98. The van der Waals surface area contributed by atoms with Crippen LogP contribution in [-0.4, -0.2) is 31.0 Å². The van der Waals surface area contributed by atoms with Crippen molar-refractivity contribution in [3.8, 4) is 0 Å². The lowest BCUT2D eigenvalue weighted by atomic mass is 10.2. The Morgan fingerprint density at radius 3 is 2.35 bits per heavy atom. The molecule has 2 aromatic rings. The smallest absolute Gasteiger partial charge is 0.343 e. The van der Waals surface area contributed by atoms with Crippen molar-refractivity contribution < 1.29 is 26.4 Å². The average Bonchev–Trinajstić information content (AvgIpc) is 2.95. The van der Waals surface area contributed by atoms with Crippen molar-refractivity contribution in [3.05, 3.63) is 53.9 Å². The predicted molar refractivity (Wildman–Crippen MR) is 76.6 cm³/mol. The van der Waals surface area contributed by atoms with Gasteiger partial charge < -0.3 is 5.32 Å². The van der Waals surface area contributed by atoms with Gasteiger partial charge in [0, 0.05) is 12.4 Å². The zero-order valence-corrected chi connectivity index (χ0v) is 12.8. The van der Waals surface area contributed by atoms with E-state index in [1.165, 1.54) is 12.1 Å². The Hall–Kier alpha value is -2.29. The van der Waals surface area contributed by atoms with Crippen LogP contribution in [0.25, 0.3) is 0 Å². The van der Waals surface area contributed by atoms with Gasteiger partial charge in [0.15, 0.2) is 0 Å².